The summed E-state index contributed by atoms with van der Waals surface area (Å²) in [7, 11) is 3.68. The van der Waals surface area contributed by atoms with E-state index in [1.54, 1.807) is 4.90 Å². The normalized spacial score (nSPS) is 20.4. The smallest absolute Gasteiger partial charge is 0.264 e. The van der Waals surface area contributed by atoms with Crippen LogP contribution in [0.15, 0.2) is 35.9 Å². The maximum absolute atomic E-state index is 11.1. The van der Waals surface area contributed by atoms with Crippen LogP contribution in [0.4, 0.5) is 0 Å². The molecular weight excluding hydrogens is 450 g/mol. The fourth-order valence-electron chi connectivity index (χ4n) is 3.37. The summed E-state index contributed by atoms with van der Waals surface area (Å²) in [5.74, 6) is 0.717. The molecule has 0 amide bonds. The number of aryl methyl sites for hydroxylation is 1. The summed E-state index contributed by atoms with van der Waals surface area (Å²) in [5, 5.41) is 9.76. The largest absolute Gasteiger partial charge is 0.431 e. The van der Waals surface area contributed by atoms with E-state index in [1.165, 1.54) is 0 Å². The average molecular weight is 492 g/mol. The van der Waals surface area contributed by atoms with Gasteiger partial charge < -0.3 is 14.7 Å². The number of aliphatic hydroxyl groups excluding tert-OH is 1. The molecule has 0 bridgehead atoms. The van der Waals surface area contributed by atoms with E-state index in [1.807, 2.05) is 39.2 Å². The number of thiol groups is 1. The molecule has 0 aliphatic heterocycles. The fraction of sp³-hybridized carbons (Fsp3) is 0.556. The summed E-state index contributed by atoms with van der Waals surface area (Å²) in [6.45, 7) is 17.1. The van der Waals surface area contributed by atoms with E-state index in [9.17, 15) is 4.79 Å². The Balaban J connectivity index is 0.000000346. The molecule has 2 unspecified atom stereocenters. The number of aliphatic hydroxyl groups is 1. The van der Waals surface area contributed by atoms with Crippen molar-refractivity contribution in [2.24, 2.45) is 10.8 Å². The van der Waals surface area contributed by atoms with Gasteiger partial charge in [-0.2, -0.15) is 12.6 Å². The first-order chi connectivity index (χ1) is 15.0. The van der Waals surface area contributed by atoms with Crippen molar-refractivity contribution in [3.05, 3.63) is 52.6 Å². The molecule has 1 aliphatic rings. The number of thiocarbonyl (C=S) groups is 1. The molecule has 1 aliphatic carbocycles. The molecule has 1 aromatic carbocycles. The van der Waals surface area contributed by atoms with Crippen molar-refractivity contribution in [3.8, 4) is 5.75 Å². The van der Waals surface area contributed by atoms with E-state index in [4.69, 9.17) is 22.1 Å². The highest BCUT2D eigenvalue weighted by molar-refractivity contribution is 7.81. The Morgan fingerprint density at radius 2 is 1.82 bits per heavy atom. The molecule has 1 aromatic rings. The number of hydrogen-bond donors (Lipinski definition) is 2. The molecule has 2 atom stereocenters. The molecule has 0 saturated heterocycles. The molecule has 0 radical (unpaired) electrons. The molecule has 0 saturated carbocycles. The molecule has 0 spiro atoms. The van der Waals surface area contributed by atoms with Crippen LogP contribution in [0, 0.1) is 17.8 Å². The zero-order valence-corrected chi connectivity index (χ0v) is 23.5. The molecule has 0 aromatic heterocycles. The van der Waals surface area contributed by atoms with Crippen LogP contribution in [0.5, 0.6) is 5.75 Å². The molecule has 184 valence electrons. The minimum Gasteiger partial charge on any atom is -0.431 e. The standard InChI is InChI=1S/C15H21NO2S.C12H20OS/c1-10-7-13(18-14(19)16(5)6)12(15(2,3)4)8-11(10)9-17;1-11(2,3)12(4)7-9(8-13)5-6-10(12)14/h7-9H,1-6H3;5-7,10,13-14H,8H2,1-4H3. The second kappa shape index (κ2) is 11.2. The lowest BCUT2D eigenvalue weighted by Crippen LogP contribution is -2.40. The van der Waals surface area contributed by atoms with Gasteiger partial charge in [0.25, 0.3) is 5.17 Å². The van der Waals surface area contributed by atoms with Crippen LogP contribution in [-0.4, -0.2) is 47.4 Å². The number of carbonyl (C=O) groups is 1. The van der Waals surface area contributed by atoms with Gasteiger partial charge in [0.15, 0.2) is 0 Å². The number of nitrogens with zero attached hydrogens (tertiary/aromatic N) is 1. The van der Waals surface area contributed by atoms with Gasteiger partial charge in [0.2, 0.25) is 0 Å². The van der Waals surface area contributed by atoms with Crippen LogP contribution in [0.1, 0.15) is 70.0 Å². The van der Waals surface area contributed by atoms with Gasteiger partial charge in [0.1, 0.15) is 12.0 Å². The summed E-state index contributed by atoms with van der Waals surface area (Å²) >= 11 is 9.78. The number of ether oxygens (including phenoxy) is 1. The Labute approximate surface area is 211 Å². The number of benzene rings is 1. The van der Waals surface area contributed by atoms with E-state index >= 15 is 0 Å². The second-order valence-corrected chi connectivity index (χ2v) is 12.0. The molecule has 0 heterocycles. The third-order valence-corrected chi connectivity index (χ3v) is 7.41. The topological polar surface area (TPSA) is 49.8 Å². The van der Waals surface area contributed by atoms with Crippen molar-refractivity contribution in [3.63, 3.8) is 0 Å². The average Bonchev–Trinajstić information content (AvgIpc) is 2.68. The first-order valence-electron chi connectivity index (χ1n) is 11.2. The zero-order valence-electron chi connectivity index (χ0n) is 21.8. The van der Waals surface area contributed by atoms with Gasteiger partial charge in [-0.05, 0) is 53.2 Å². The number of carbonyl (C=O) groups excluding carboxylic acids is 1. The quantitative estimate of drug-likeness (QED) is 0.301. The molecular formula is C27H41NO3S2. The van der Waals surface area contributed by atoms with Gasteiger partial charge in [-0.25, -0.2) is 0 Å². The van der Waals surface area contributed by atoms with Gasteiger partial charge >= 0.3 is 0 Å². The van der Waals surface area contributed by atoms with E-state index in [2.05, 4.69) is 73.2 Å². The predicted molar refractivity (Wildman–Crippen MR) is 147 cm³/mol. The van der Waals surface area contributed by atoms with Crippen molar-refractivity contribution in [1.29, 1.82) is 0 Å². The minimum absolute atomic E-state index is 0.00290. The van der Waals surface area contributed by atoms with Gasteiger partial charge in [0, 0.05) is 35.9 Å². The van der Waals surface area contributed by atoms with E-state index in [-0.39, 0.29) is 28.1 Å². The lowest BCUT2D eigenvalue weighted by molar-refractivity contribution is 0.112. The first-order valence-corrected chi connectivity index (χ1v) is 12.1. The molecule has 4 nitrogen and oxygen atoms in total. The lowest BCUT2D eigenvalue weighted by atomic mass is 9.63. The van der Waals surface area contributed by atoms with Gasteiger partial charge in [0.05, 0.1) is 6.61 Å². The summed E-state index contributed by atoms with van der Waals surface area (Å²) in [4.78, 5) is 12.8. The van der Waals surface area contributed by atoms with E-state index < -0.39 is 0 Å². The van der Waals surface area contributed by atoms with Crippen LogP contribution < -0.4 is 4.74 Å². The predicted octanol–water partition coefficient (Wildman–Crippen LogP) is 6.16. The number of rotatable bonds is 3. The molecule has 2 rings (SSSR count). The maximum Gasteiger partial charge on any atom is 0.264 e. The zero-order chi connectivity index (χ0) is 25.8. The minimum atomic E-state index is -0.122. The monoisotopic (exact) mass is 491 g/mol. The summed E-state index contributed by atoms with van der Waals surface area (Å²) < 4.78 is 5.76. The maximum atomic E-state index is 11.1. The molecule has 33 heavy (non-hydrogen) atoms. The number of aldehydes is 1. The van der Waals surface area contributed by atoms with Crippen LogP contribution in [0.3, 0.4) is 0 Å². The number of hydrogen-bond acceptors (Lipinski definition) is 5. The van der Waals surface area contributed by atoms with Crippen LogP contribution in [0.25, 0.3) is 0 Å². The highest BCUT2D eigenvalue weighted by Crippen LogP contribution is 2.47. The summed E-state index contributed by atoms with van der Waals surface area (Å²) in [5.41, 5.74) is 3.57. The third-order valence-electron chi connectivity index (χ3n) is 6.26. The third kappa shape index (κ3) is 7.43. The Hall–Kier alpha value is -1.63. The first kappa shape index (κ1) is 29.4. The van der Waals surface area contributed by atoms with Crippen LogP contribution in [0.2, 0.25) is 0 Å². The Kier molecular flexibility index (Phi) is 9.98. The van der Waals surface area contributed by atoms with Crippen molar-refractivity contribution in [2.75, 3.05) is 20.7 Å². The number of allylic oxidation sites excluding steroid dienone is 1. The van der Waals surface area contributed by atoms with E-state index in [0.29, 0.717) is 16.5 Å². The van der Waals surface area contributed by atoms with Gasteiger partial charge in [-0.3, -0.25) is 4.79 Å². The van der Waals surface area contributed by atoms with Crippen molar-refractivity contribution >= 4 is 36.3 Å². The van der Waals surface area contributed by atoms with Gasteiger partial charge in [-0.15, -0.1) is 0 Å². The Morgan fingerprint density at radius 1 is 1.24 bits per heavy atom. The fourth-order valence-corrected chi connectivity index (χ4v) is 4.01. The molecule has 1 N–H and O–H groups in total. The SMILES string of the molecule is CC(C)(C)C1(C)C=C(CO)C=CC1S.Cc1cc(OC(=S)N(C)C)c(C(C)(C)C)cc1C=O. The van der Waals surface area contributed by atoms with Crippen LogP contribution >= 0.6 is 24.8 Å². The van der Waals surface area contributed by atoms with Crippen molar-refractivity contribution in [2.45, 2.75) is 66.1 Å². The lowest BCUT2D eigenvalue weighted by Gasteiger charge is -2.45. The van der Waals surface area contributed by atoms with Crippen molar-refractivity contribution < 1.29 is 14.6 Å². The molecule has 6 heteroatoms. The second-order valence-electron chi connectivity index (χ2n) is 11.0. The van der Waals surface area contributed by atoms with Crippen molar-refractivity contribution in [1.82, 2.24) is 4.90 Å². The Morgan fingerprint density at radius 3 is 2.24 bits per heavy atom. The van der Waals surface area contributed by atoms with Gasteiger partial charge in [-0.1, -0.05) is 66.7 Å². The Bertz CT molecular complexity index is 921. The van der Waals surface area contributed by atoms with Crippen LogP contribution in [-0.2, 0) is 5.41 Å². The molecule has 0 fully saturated rings. The highest BCUT2D eigenvalue weighted by atomic mass is 32.1. The summed E-state index contributed by atoms with van der Waals surface area (Å²) in [6.07, 6.45) is 7.06. The highest BCUT2D eigenvalue weighted by Gasteiger charge is 2.41. The summed E-state index contributed by atoms with van der Waals surface area (Å²) in [6, 6.07) is 3.76. The van der Waals surface area contributed by atoms with E-state index in [0.717, 1.165) is 23.0 Å².